The van der Waals surface area contributed by atoms with Crippen LogP contribution in [0.1, 0.15) is 19.8 Å². The summed E-state index contributed by atoms with van der Waals surface area (Å²) in [6, 6.07) is 0. The fourth-order valence-electron chi connectivity index (χ4n) is 1.82. The number of likely N-dealkylation sites (tertiary alicyclic amines) is 1. The molecule has 1 rings (SSSR count). The smallest absolute Gasteiger partial charge is 0.228 e. The monoisotopic (exact) mass is 212 g/mol. The molecule has 0 aromatic rings. The molecular formula is C9H16N4O2. The third-order valence-corrected chi connectivity index (χ3v) is 2.84. The van der Waals surface area contributed by atoms with Gasteiger partial charge >= 0.3 is 0 Å². The van der Waals surface area contributed by atoms with Gasteiger partial charge in [-0.2, -0.15) is 0 Å². The molecule has 6 nitrogen and oxygen atoms in total. The number of piperidine rings is 1. The third kappa shape index (κ3) is 3.42. The molecule has 0 bridgehead atoms. The molecule has 0 aromatic heterocycles. The summed E-state index contributed by atoms with van der Waals surface area (Å²) in [5.74, 6) is 0.158. The summed E-state index contributed by atoms with van der Waals surface area (Å²) in [6.45, 7) is 2.97. The van der Waals surface area contributed by atoms with Crippen LogP contribution >= 0.6 is 0 Å². The van der Waals surface area contributed by atoms with Crippen molar-refractivity contribution in [2.24, 2.45) is 11.0 Å². The van der Waals surface area contributed by atoms with Gasteiger partial charge in [0.15, 0.2) is 0 Å². The third-order valence-electron chi connectivity index (χ3n) is 2.84. The Morgan fingerprint density at radius 3 is 2.73 bits per heavy atom. The predicted molar refractivity (Wildman–Crippen MR) is 55.0 cm³/mol. The number of carbonyl (C=O) groups is 1. The van der Waals surface area contributed by atoms with Crippen molar-refractivity contribution in [1.82, 2.24) is 4.90 Å². The maximum Gasteiger partial charge on any atom is 0.228 e. The normalized spacial score (nSPS) is 19.5. The van der Waals surface area contributed by atoms with Gasteiger partial charge in [0.1, 0.15) is 6.54 Å². The molecule has 1 aliphatic rings. The Labute approximate surface area is 88.5 Å². The second kappa shape index (κ2) is 5.58. The number of carbonyl (C=O) groups excluding carboxylic acids is 1. The summed E-state index contributed by atoms with van der Waals surface area (Å²) in [6.07, 6.45) is 1.33. The molecule has 1 fully saturated rings. The minimum Gasteiger partial charge on any atom is -0.393 e. The zero-order chi connectivity index (χ0) is 11.3. The number of azide groups is 1. The summed E-state index contributed by atoms with van der Waals surface area (Å²) in [4.78, 5) is 15.7. The van der Waals surface area contributed by atoms with E-state index in [0.29, 0.717) is 13.1 Å². The van der Waals surface area contributed by atoms with Crippen LogP contribution in [-0.4, -0.2) is 41.7 Å². The van der Waals surface area contributed by atoms with Gasteiger partial charge in [-0.3, -0.25) is 4.79 Å². The van der Waals surface area contributed by atoms with Crippen molar-refractivity contribution in [3.63, 3.8) is 0 Å². The second-order valence-electron chi connectivity index (χ2n) is 3.85. The average molecular weight is 212 g/mol. The van der Waals surface area contributed by atoms with Gasteiger partial charge in [0.25, 0.3) is 0 Å². The van der Waals surface area contributed by atoms with E-state index in [1.165, 1.54) is 0 Å². The van der Waals surface area contributed by atoms with Crippen molar-refractivity contribution >= 4 is 5.91 Å². The first kappa shape index (κ1) is 11.8. The van der Waals surface area contributed by atoms with E-state index in [4.69, 9.17) is 5.53 Å². The Morgan fingerprint density at radius 2 is 2.27 bits per heavy atom. The lowest BCUT2D eigenvalue weighted by atomic mass is 9.92. The van der Waals surface area contributed by atoms with E-state index in [1.54, 1.807) is 11.8 Å². The van der Waals surface area contributed by atoms with E-state index in [0.717, 1.165) is 12.8 Å². The van der Waals surface area contributed by atoms with Crippen LogP contribution in [0.25, 0.3) is 10.4 Å². The van der Waals surface area contributed by atoms with E-state index < -0.39 is 0 Å². The van der Waals surface area contributed by atoms with Crippen LogP contribution in [0.4, 0.5) is 0 Å². The van der Waals surface area contributed by atoms with Gasteiger partial charge in [0.05, 0.1) is 6.10 Å². The van der Waals surface area contributed by atoms with Gasteiger partial charge in [0.2, 0.25) is 5.91 Å². The van der Waals surface area contributed by atoms with Gasteiger partial charge in [-0.25, -0.2) is 0 Å². The van der Waals surface area contributed by atoms with Crippen molar-refractivity contribution < 1.29 is 9.90 Å². The molecule has 1 N–H and O–H groups in total. The van der Waals surface area contributed by atoms with Crippen molar-refractivity contribution in [3.8, 4) is 0 Å². The molecule has 0 aromatic carbocycles. The van der Waals surface area contributed by atoms with Gasteiger partial charge in [-0.1, -0.05) is 5.11 Å². The topological polar surface area (TPSA) is 89.3 Å². The molecule has 0 aliphatic carbocycles. The number of rotatable bonds is 3. The van der Waals surface area contributed by atoms with Gasteiger partial charge < -0.3 is 10.0 Å². The van der Waals surface area contributed by atoms with Crippen molar-refractivity contribution in [2.75, 3.05) is 19.6 Å². The summed E-state index contributed by atoms with van der Waals surface area (Å²) >= 11 is 0. The molecule has 1 unspecified atom stereocenters. The van der Waals surface area contributed by atoms with Crippen LogP contribution < -0.4 is 0 Å². The van der Waals surface area contributed by atoms with Crippen LogP contribution in [0.15, 0.2) is 5.11 Å². The fourth-order valence-corrected chi connectivity index (χ4v) is 1.82. The lowest BCUT2D eigenvalue weighted by Gasteiger charge is -2.33. The Kier molecular flexibility index (Phi) is 4.39. The van der Waals surface area contributed by atoms with E-state index in [1.807, 2.05) is 0 Å². The van der Waals surface area contributed by atoms with Gasteiger partial charge in [0, 0.05) is 18.0 Å². The molecule has 1 aliphatic heterocycles. The highest BCUT2D eigenvalue weighted by Crippen LogP contribution is 2.20. The molecule has 1 saturated heterocycles. The zero-order valence-corrected chi connectivity index (χ0v) is 8.83. The Bertz CT molecular complexity index is 265. The number of nitrogens with zero attached hydrogens (tertiary/aromatic N) is 4. The molecule has 6 heteroatoms. The summed E-state index contributed by atoms with van der Waals surface area (Å²) < 4.78 is 0. The SMILES string of the molecule is CC(O)C1CCN(C(=O)CN=[N+]=[N-])CC1. The minimum atomic E-state index is -0.306. The van der Waals surface area contributed by atoms with E-state index >= 15 is 0 Å². The summed E-state index contributed by atoms with van der Waals surface area (Å²) in [5.41, 5.74) is 8.08. The largest absolute Gasteiger partial charge is 0.393 e. The lowest BCUT2D eigenvalue weighted by Crippen LogP contribution is -2.41. The number of amides is 1. The van der Waals surface area contributed by atoms with Crippen molar-refractivity contribution in [2.45, 2.75) is 25.9 Å². The average Bonchev–Trinajstić information content (AvgIpc) is 2.26. The molecule has 1 amide bonds. The molecule has 15 heavy (non-hydrogen) atoms. The quantitative estimate of drug-likeness (QED) is 0.428. The molecule has 84 valence electrons. The highest BCUT2D eigenvalue weighted by atomic mass is 16.3. The molecule has 0 saturated carbocycles. The lowest BCUT2D eigenvalue weighted by molar-refractivity contribution is -0.131. The molecular weight excluding hydrogens is 196 g/mol. The van der Waals surface area contributed by atoms with E-state index in [9.17, 15) is 9.90 Å². The molecule has 0 radical (unpaired) electrons. The van der Waals surface area contributed by atoms with E-state index in [2.05, 4.69) is 10.0 Å². The first-order chi connectivity index (χ1) is 7.15. The number of hydrogen-bond donors (Lipinski definition) is 1. The highest BCUT2D eigenvalue weighted by molar-refractivity contribution is 5.78. The van der Waals surface area contributed by atoms with Gasteiger partial charge in [-0.05, 0) is 31.2 Å². The molecule has 0 spiro atoms. The number of aliphatic hydroxyl groups excluding tert-OH is 1. The van der Waals surface area contributed by atoms with Crippen LogP contribution in [-0.2, 0) is 4.79 Å². The summed E-state index contributed by atoms with van der Waals surface area (Å²) in [5, 5.41) is 12.6. The van der Waals surface area contributed by atoms with Crippen LogP contribution in [0, 0.1) is 5.92 Å². The Hall–Kier alpha value is -1.26. The first-order valence-electron chi connectivity index (χ1n) is 5.12. The Morgan fingerprint density at radius 1 is 1.67 bits per heavy atom. The van der Waals surface area contributed by atoms with Gasteiger partial charge in [-0.15, -0.1) is 0 Å². The van der Waals surface area contributed by atoms with Crippen molar-refractivity contribution in [1.29, 1.82) is 0 Å². The zero-order valence-electron chi connectivity index (χ0n) is 8.83. The standard InChI is InChI=1S/C9H16N4O2/c1-7(14)8-2-4-13(5-3-8)9(15)6-11-12-10/h7-8,14H,2-6H2,1H3. The Balaban J connectivity index is 2.36. The highest BCUT2D eigenvalue weighted by Gasteiger charge is 2.24. The second-order valence-corrected chi connectivity index (χ2v) is 3.85. The molecule has 1 atom stereocenters. The minimum absolute atomic E-state index is 0.101. The maximum absolute atomic E-state index is 11.4. The van der Waals surface area contributed by atoms with Crippen LogP contribution in [0.3, 0.4) is 0 Å². The summed E-state index contributed by atoms with van der Waals surface area (Å²) in [7, 11) is 0. The number of hydrogen-bond acceptors (Lipinski definition) is 3. The van der Waals surface area contributed by atoms with Crippen LogP contribution in [0.2, 0.25) is 0 Å². The predicted octanol–water partition coefficient (Wildman–Crippen LogP) is 0.916. The fraction of sp³-hybridized carbons (Fsp3) is 0.889. The van der Waals surface area contributed by atoms with E-state index in [-0.39, 0.29) is 24.5 Å². The maximum atomic E-state index is 11.4. The van der Waals surface area contributed by atoms with Crippen LogP contribution in [0.5, 0.6) is 0 Å². The first-order valence-corrected chi connectivity index (χ1v) is 5.12. The number of aliphatic hydroxyl groups is 1. The molecule has 1 heterocycles. The van der Waals surface area contributed by atoms with Crippen molar-refractivity contribution in [3.05, 3.63) is 10.4 Å².